The number of nitrogens with one attached hydrogen (secondary N) is 2. The van der Waals surface area contributed by atoms with Crippen LogP contribution in [0.15, 0.2) is 4.99 Å². The fourth-order valence-corrected chi connectivity index (χ4v) is 2.06. The number of rotatable bonds is 8. The van der Waals surface area contributed by atoms with Crippen molar-refractivity contribution in [2.75, 3.05) is 40.4 Å². The predicted molar refractivity (Wildman–Crippen MR) is 91.5 cm³/mol. The summed E-state index contributed by atoms with van der Waals surface area (Å²) in [6, 6.07) is 1.44. The maximum absolute atomic E-state index is 5.00. The Morgan fingerprint density at radius 1 is 1.32 bits per heavy atom. The average Bonchev–Trinajstić information content (AvgIpc) is 3.16. The van der Waals surface area contributed by atoms with E-state index in [1.54, 1.807) is 14.2 Å². The zero-order chi connectivity index (χ0) is 13.4. The SMILES string of the molecule is CN=C(NCCOC)NCCN(C(C)C)C1CC1.I. The average molecular weight is 384 g/mol. The van der Waals surface area contributed by atoms with Crippen LogP contribution < -0.4 is 10.6 Å². The van der Waals surface area contributed by atoms with Crippen molar-refractivity contribution in [1.29, 1.82) is 0 Å². The first-order valence-electron chi connectivity index (χ1n) is 6.88. The van der Waals surface area contributed by atoms with Gasteiger partial charge in [-0.3, -0.25) is 9.89 Å². The van der Waals surface area contributed by atoms with Crippen LogP contribution in [0.5, 0.6) is 0 Å². The van der Waals surface area contributed by atoms with E-state index in [9.17, 15) is 0 Å². The highest BCUT2D eigenvalue weighted by Crippen LogP contribution is 2.27. The standard InChI is InChI=1S/C13H28N4O.HI/c1-11(2)17(12-5-6-12)9-7-15-13(14-3)16-8-10-18-4;/h11-12H,5-10H2,1-4H3,(H2,14,15,16);1H. The molecule has 0 amide bonds. The highest BCUT2D eigenvalue weighted by molar-refractivity contribution is 14.0. The van der Waals surface area contributed by atoms with Gasteiger partial charge >= 0.3 is 0 Å². The minimum atomic E-state index is 0. The van der Waals surface area contributed by atoms with Gasteiger partial charge in [-0.1, -0.05) is 0 Å². The van der Waals surface area contributed by atoms with Gasteiger partial charge in [0.25, 0.3) is 0 Å². The van der Waals surface area contributed by atoms with Crippen LogP contribution in [-0.2, 0) is 4.74 Å². The Hall–Kier alpha value is -0.0800. The number of nitrogens with zero attached hydrogens (tertiary/aromatic N) is 2. The lowest BCUT2D eigenvalue weighted by molar-refractivity contribution is 0.203. The molecule has 0 unspecified atom stereocenters. The first kappa shape index (κ1) is 18.9. The van der Waals surface area contributed by atoms with E-state index in [1.807, 2.05) is 0 Å². The molecule has 2 N–H and O–H groups in total. The summed E-state index contributed by atoms with van der Waals surface area (Å²) in [5.41, 5.74) is 0. The number of hydrogen-bond donors (Lipinski definition) is 2. The summed E-state index contributed by atoms with van der Waals surface area (Å²) >= 11 is 0. The maximum atomic E-state index is 5.00. The zero-order valence-electron chi connectivity index (χ0n) is 12.6. The van der Waals surface area contributed by atoms with E-state index in [2.05, 4.69) is 34.4 Å². The van der Waals surface area contributed by atoms with Gasteiger partial charge in [-0.2, -0.15) is 0 Å². The summed E-state index contributed by atoms with van der Waals surface area (Å²) in [7, 11) is 3.50. The van der Waals surface area contributed by atoms with Gasteiger partial charge in [-0.15, -0.1) is 24.0 Å². The van der Waals surface area contributed by atoms with Gasteiger partial charge in [0, 0.05) is 45.9 Å². The van der Waals surface area contributed by atoms with Gasteiger partial charge in [-0.25, -0.2) is 0 Å². The summed E-state index contributed by atoms with van der Waals surface area (Å²) in [4.78, 5) is 6.75. The van der Waals surface area contributed by atoms with Gasteiger partial charge in [0.05, 0.1) is 6.61 Å². The van der Waals surface area contributed by atoms with Crippen molar-refractivity contribution in [2.45, 2.75) is 38.8 Å². The molecule has 0 bridgehead atoms. The molecule has 0 aliphatic heterocycles. The molecule has 1 aliphatic carbocycles. The van der Waals surface area contributed by atoms with Crippen LogP contribution in [0.1, 0.15) is 26.7 Å². The number of methoxy groups -OCH3 is 1. The molecule has 1 fully saturated rings. The van der Waals surface area contributed by atoms with Gasteiger partial charge in [-0.05, 0) is 26.7 Å². The molecule has 1 saturated carbocycles. The number of hydrogen-bond acceptors (Lipinski definition) is 3. The maximum Gasteiger partial charge on any atom is 0.191 e. The molecule has 19 heavy (non-hydrogen) atoms. The van der Waals surface area contributed by atoms with Crippen LogP contribution in [0.4, 0.5) is 0 Å². The molecule has 1 rings (SSSR count). The Balaban J connectivity index is 0.00000324. The molecule has 0 aromatic carbocycles. The Kier molecular flexibility index (Phi) is 10.6. The van der Waals surface area contributed by atoms with E-state index in [4.69, 9.17) is 4.74 Å². The third-order valence-electron chi connectivity index (χ3n) is 3.16. The third-order valence-corrected chi connectivity index (χ3v) is 3.16. The van der Waals surface area contributed by atoms with Crippen molar-refractivity contribution in [3.05, 3.63) is 0 Å². The Labute approximate surface area is 134 Å². The molecule has 0 spiro atoms. The number of guanidine groups is 1. The van der Waals surface area contributed by atoms with E-state index in [0.29, 0.717) is 12.6 Å². The quantitative estimate of drug-likeness (QED) is 0.287. The summed E-state index contributed by atoms with van der Waals surface area (Å²) in [6.45, 7) is 8.02. The van der Waals surface area contributed by atoms with E-state index >= 15 is 0 Å². The minimum absolute atomic E-state index is 0. The van der Waals surface area contributed by atoms with E-state index in [-0.39, 0.29) is 24.0 Å². The summed E-state index contributed by atoms with van der Waals surface area (Å²) in [6.07, 6.45) is 2.72. The second-order valence-corrected chi connectivity index (χ2v) is 4.98. The van der Waals surface area contributed by atoms with Crippen molar-refractivity contribution in [3.8, 4) is 0 Å². The topological polar surface area (TPSA) is 48.9 Å². The number of halogens is 1. The molecule has 0 saturated heterocycles. The van der Waals surface area contributed by atoms with Crippen LogP contribution in [0.25, 0.3) is 0 Å². The molecule has 114 valence electrons. The molecule has 6 heteroatoms. The van der Waals surface area contributed by atoms with Gasteiger partial charge in [0.2, 0.25) is 0 Å². The van der Waals surface area contributed by atoms with Crippen LogP contribution in [0.3, 0.4) is 0 Å². The van der Waals surface area contributed by atoms with Crippen molar-refractivity contribution in [2.24, 2.45) is 4.99 Å². The molecule has 0 atom stereocenters. The lowest BCUT2D eigenvalue weighted by atomic mass is 10.3. The molecule has 0 aromatic heterocycles. The summed E-state index contributed by atoms with van der Waals surface area (Å²) in [5.74, 6) is 0.853. The first-order valence-corrected chi connectivity index (χ1v) is 6.88. The van der Waals surface area contributed by atoms with Gasteiger partial charge in [0.15, 0.2) is 5.96 Å². The predicted octanol–water partition coefficient (Wildman–Crippen LogP) is 1.29. The Bertz CT molecular complexity index is 255. The Morgan fingerprint density at radius 2 is 1.95 bits per heavy atom. The number of ether oxygens (including phenoxy) is 1. The van der Waals surface area contributed by atoms with Crippen molar-refractivity contribution >= 4 is 29.9 Å². The normalized spacial score (nSPS) is 15.6. The van der Waals surface area contributed by atoms with E-state index in [0.717, 1.165) is 31.6 Å². The van der Waals surface area contributed by atoms with Crippen LogP contribution in [0.2, 0.25) is 0 Å². The van der Waals surface area contributed by atoms with Gasteiger partial charge < -0.3 is 15.4 Å². The fraction of sp³-hybridized carbons (Fsp3) is 0.923. The molecular weight excluding hydrogens is 355 g/mol. The van der Waals surface area contributed by atoms with E-state index in [1.165, 1.54) is 12.8 Å². The second kappa shape index (κ2) is 10.7. The smallest absolute Gasteiger partial charge is 0.191 e. The highest BCUT2D eigenvalue weighted by atomic mass is 127. The summed E-state index contributed by atoms with van der Waals surface area (Å²) < 4.78 is 5.00. The molecular formula is C13H29IN4O. The van der Waals surface area contributed by atoms with Crippen molar-refractivity contribution in [1.82, 2.24) is 15.5 Å². The van der Waals surface area contributed by atoms with Gasteiger partial charge in [0.1, 0.15) is 0 Å². The van der Waals surface area contributed by atoms with Crippen molar-refractivity contribution < 1.29 is 4.74 Å². The highest BCUT2D eigenvalue weighted by Gasteiger charge is 2.29. The molecule has 0 radical (unpaired) electrons. The molecule has 0 heterocycles. The van der Waals surface area contributed by atoms with Crippen molar-refractivity contribution in [3.63, 3.8) is 0 Å². The zero-order valence-corrected chi connectivity index (χ0v) is 14.9. The molecule has 5 nitrogen and oxygen atoms in total. The minimum Gasteiger partial charge on any atom is -0.383 e. The molecule has 1 aliphatic rings. The summed E-state index contributed by atoms with van der Waals surface area (Å²) in [5, 5.41) is 6.55. The van der Waals surface area contributed by atoms with Crippen LogP contribution in [0, 0.1) is 0 Å². The Morgan fingerprint density at radius 3 is 2.42 bits per heavy atom. The monoisotopic (exact) mass is 384 g/mol. The van der Waals surface area contributed by atoms with E-state index < -0.39 is 0 Å². The second-order valence-electron chi connectivity index (χ2n) is 4.98. The van der Waals surface area contributed by atoms with Crippen LogP contribution in [-0.4, -0.2) is 63.3 Å². The lowest BCUT2D eigenvalue weighted by Gasteiger charge is -2.26. The lowest BCUT2D eigenvalue weighted by Crippen LogP contribution is -2.44. The molecule has 0 aromatic rings. The third kappa shape index (κ3) is 7.94. The largest absolute Gasteiger partial charge is 0.383 e. The first-order chi connectivity index (χ1) is 8.69. The fourth-order valence-electron chi connectivity index (χ4n) is 2.06. The number of aliphatic imine (C=N–C) groups is 1. The van der Waals surface area contributed by atoms with Crippen LogP contribution >= 0.6 is 24.0 Å².